The summed E-state index contributed by atoms with van der Waals surface area (Å²) in [7, 11) is 0. The zero-order valence-corrected chi connectivity index (χ0v) is 10.7. The quantitative estimate of drug-likeness (QED) is 0.846. The molecule has 2 heterocycles. The highest BCUT2D eigenvalue weighted by Crippen LogP contribution is 2.16. The van der Waals surface area contributed by atoms with E-state index in [4.69, 9.17) is 0 Å². The molecular formula is C14H23N3. The number of piperidine rings is 1. The summed E-state index contributed by atoms with van der Waals surface area (Å²) in [5.41, 5.74) is 0. The van der Waals surface area contributed by atoms with Crippen molar-refractivity contribution >= 4 is 5.82 Å². The number of pyridine rings is 1. The SMILES string of the molecule is CCCN(CC1CCCNC1)c1ccccn1. The van der Waals surface area contributed by atoms with E-state index in [1.807, 2.05) is 12.3 Å². The van der Waals surface area contributed by atoms with Crippen LogP contribution in [0, 0.1) is 5.92 Å². The van der Waals surface area contributed by atoms with Crippen LogP contribution >= 0.6 is 0 Å². The second kappa shape index (κ2) is 6.60. The van der Waals surface area contributed by atoms with E-state index in [0.717, 1.165) is 31.4 Å². The smallest absolute Gasteiger partial charge is 0.128 e. The van der Waals surface area contributed by atoms with Gasteiger partial charge < -0.3 is 10.2 Å². The number of aromatic nitrogens is 1. The Morgan fingerprint density at radius 3 is 3.06 bits per heavy atom. The summed E-state index contributed by atoms with van der Waals surface area (Å²) >= 11 is 0. The second-order valence-corrected chi connectivity index (χ2v) is 4.85. The molecule has 0 amide bonds. The van der Waals surface area contributed by atoms with Crippen LogP contribution in [0.1, 0.15) is 26.2 Å². The molecule has 1 fully saturated rings. The number of anilines is 1. The first-order chi connectivity index (χ1) is 8.40. The van der Waals surface area contributed by atoms with Crippen LogP contribution in [0.4, 0.5) is 5.82 Å². The van der Waals surface area contributed by atoms with Crippen molar-refractivity contribution in [2.24, 2.45) is 5.92 Å². The van der Waals surface area contributed by atoms with Crippen LogP contribution in [0.2, 0.25) is 0 Å². The molecule has 2 rings (SSSR count). The number of nitrogens with one attached hydrogen (secondary N) is 1. The Hall–Kier alpha value is -1.09. The van der Waals surface area contributed by atoms with Crippen molar-refractivity contribution in [2.75, 3.05) is 31.1 Å². The third-order valence-electron chi connectivity index (χ3n) is 3.34. The van der Waals surface area contributed by atoms with Crippen molar-refractivity contribution in [3.63, 3.8) is 0 Å². The minimum absolute atomic E-state index is 0.775. The van der Waals surface area contributed by atoms with Gasteiger partial charge in [-0.25, -0.2) is 4.98 Å². The summed E-state index contributed by atoms with van der Waals surface area (Å²) in [5, 5.41) is 3.49. The molecule has 0 aliphatic carbocycles. The standard InChI is InChI=1S/C14H23N3/c1-2-10-17(14-7-3-4-9-16-14)12-13-6-5-8-15-11-13/h3-4,7,9,13,15H,2,5-6,8,10-12H2,1H3. The van der Waals surface area contributed by atoms with Gasteiger partial charge in [-0.15, -0.1) is 0 Å². The Morgan fingerprint density at radius 2 is 2.41 bits per heavy atom. The maximum absolute atomic E-state index is 4.47. The van der Waals surface area contributed by atoms with Crippen LogP contribution in [-0.4, -0.2) is 31.2 Å². The van der Waals surface area contributed by atoms with Crippen LogP contribution in [0.25, 0.3) is 0 Å². The van der Waals surface area contributed by atoms with Crippen molar-refractivity contribution in [1.29, 1.82) is 0 Å². The zero-order chi connectivity index (χ0) is 11.9. The molecule has 1 aromatic rings. The molecule has 94 valence electrons. The molecule has 1 aromatic heterocycles. The van der Waals surface area contributed by atoms with Crippen LogP contribution in [-0.2, 0) is 0 Å². The molecule has 1 unspecified atom stereocenters. The molecule has 1 N–H and O–H groups in total. The minimum Gasteiger partial charge on any atom is -0.356 e. The molecule has 1 atom stereocenters. The molecule has 3 heteroatoms. The summed E-state index contributed by atoms with van der Waals surface area (Å²) in [6, 6.07) is 6.17. The molecule has 0 aromatic carbocycles. The van der Waals surface area contributed by atoms with E-state index in [1.165, 1.54) is 25.8 Å². The molecule has 0 spiro atoms. The molecule has 1 aliphatic heterocycles. The number of nitrogens with zero attached hydrogens (tertiary/aromatic N) is 2. The first-order valence-electron chi connectivity index (χ1n) is 6.77. The minimum atomic E-state index is 0.775. The van der Waals surface area contributed by atoms with Gasteiger partial charge in [-0.2, -0.15) is 0 Å². The Kier molecular flexibility index (Phi) is 4.80. The highest BCUT2D eigenvalue weighted by atomic mass is 15.2. The number of rotatable bonds is 5. The first kappa shape index (κ1) is 12.4. The van der Waals surface area contributed by atoms with Gasteiger partial charge >= 0.3 is 0 Å². The van der Waals surface area contributed by atoms with Gasteiger partial charge in [0.05, 0.1) is 0 Å². The van der Waals surface area contributed by atoms with Crippen molar-refractivity contribution in [3.8, 4) is 0 Å². The lowest BCUT2D eigenvalue weighted by atomic mass is 9.99. The topological polar surface area (TPSA) is 28.2 Å². The lowest BCUT2D eigenvalue weighted by Gasteiger charge is -2.30. The Labute approximate surface area is 104 Å². The third kappa shape index (κ3) is 3.70. The predicted molar refractivity (Wildman–Crippen MR) is 72.3 cm³/mol. The summed E-state index contributed by atoms with van der Waals surface area (Å²) in [5.74, 6) is 1.90. The molecule has 1 saturated heterocycles. The van der Waals surface area contributed by atoms with Gasteiger partial charge in [-0.05, 0) is 50.4 Å². The first-order valence-corrected chi connectivity index (χ1v) is 6.77. The van der Waals surface area contributed by atoms with Gasteiger partial charge in [0.15, 0.2) is 0 Å². The maximum Gasteiger partial charge on any atom is 0.128 e. The van der Waals surface area contributed by atoms with Crippen LogP contribution in [0.3, 0.4) is 0 Å². The van der Waals surface area contributed by atoms with E-state index in [2.05, 4.69) is 34.3 Å². The third-order valence-corrected chi connectivity index (χ3v) is 3.34. The lowest BCUT2D eigenvalue weighted by Crippen LogP contribution is -2.39. The maximum atomic E-state index is 4.47. The van der Waals surface area contributed by atoms with E-state index in [9.17, 15) is 0 Å². The van der Waals surface area contributed by atoms with Gasteiger partial charge in [0.25, 0.3) is 0 Å². The Balaban J connectivity index is 1.96. The monoisotopic (exact) mass is 233 g/mol. The highest BCUT2D eigenvalue weighted by molar-refractivity contribution is 5.37. The van der Waals surface area contributed by atoms with Gasteiger partial charge in [0, 0.05) is 19.3 Å². The Bertz CT molecular complexity index is 307. The van der Waals surface area contributed by atoms with Crippen molar-refractivity contribution in [1.82, 2.24) is 10.3 Å². The van der Waals surface area contributed by atoms with Crippen molar-refractivity contribution in [3.05, 3.63) is 24.4 Å². The van der Waals surface area contributed by atoms with Gasteiger partial charge in [-0.3, -0.25) is 0 Å². The molecule has 17 heavy (non-hydrogen) atoms. The summed E-state index contributed by atoms with van der Waals surface area (Å²) in [6.07, 6.45) is 5.72. The van der Waals surface area contributed by atoms with E-state index >= 15 is 0 Å². The molecule has 1 aliphatic rings. The van der Waals surface area contributed by atoms with Gasteiger partial charge in [0.2, 0.25) is 0 Å². The normalized spacial score (nSPS) is 20.2. The fraction of sp³-hybridized carbons (Fsp3) is 0.643. The fourth-order valence-electron chi connectivity index (χ4n) is 2.50. The van der Waals surface area contributed by atoms with E-state index in [0.29, 0.717) is 0 Å². The van der Waals surface area contributed by atoms with Crippen molar-refractivity contribution < 1.29 is 0 Å². The Morgan fingerprint density at radius 1 is 1.47 bits per heavy atom. The molecule has 0 saturated carbocycles. The van der Waals surface area contributed by atoms with Crippen molar-refractivity contribution in [2.45, 2.75) is 26.2 Å². The molecule has 0 radical (unpaired) electrons. The summed E-state index contributed by atoms with van der Waals surface area (Å²) in [6.45, 7) is 6.82. The largest absolute Gasteiger partial charge is 0.356 e. The average molecular weight is 233 g/mol. The molecule has 0 bridgehead atoms. The lowest BCUT2D eigenvalue weighted by molar-refractivity contribution is 0.376. The van der Waals surface area contributed by atoms with E-state index in [1.54, 1.807) is 0 Å². The summed E-state index contributed by atoms with van der Waals surface area (Å²) < 4.78 is 0. The fourth-order valence-corrected chi connectivity index (χ4v) is 2.50. The zero-order valence-electron chi connectivity index (χ0n) is 10.7. The van der Waals surface area contributed by atoms with Gasteiger partial charge in [0.1, 0.15) is 5.82 Å². The van der Waals surface area contributed by atoms with E-state index < -0.39 is 0 Å². The predicted octanol–water partition coefficient (Wildman–Crippen LogP) is 2.30. The molecule has 3 nitrogen and oxygen atoms in total. The second-order valence-electron chi connectivity index (χ2n) is 4.85. The van der Waals surface area contributed by atoms with E-state index in [-0.39, 0.29) is 0 Å². The number of hydrogen-bond donors (Lipinski definition) is 1. The van der Waals surface area contributed by atoms with Gasteiger partial charge in [-0.1, -0.05) is 13.0 Å². The average Bonchev–Trinajstić information content (AvgIpc) is 2.40. The van der Waals surface area contributed by atoms with Crippen LogP contribution in [0.15, 0.2) is 24.4 Å². The molecular weight excluding hydrogens is 210 g/mol. The highest BCUT2D eigenvalue weighted by Gasteiger charge is 2.17. The summed E-state index contributed by atoms with van der Waals surface area (Å²) in [4.78, 5) is 6.90. The van der Waals surface area contributed by atoms with Crippen LogP contribution < -0.4 is 10.2 Å². The van der Waals surface area contributed by atoms with Crippen LogP contribution in [0.5, 0.6) is 0 Å². The number of hydrogen-bond acceptors (Lipinski definition) is 3.